The number of rotatable bonds is 3. The summed E-state index contributed by atoms with van der Waals surface area (Å²) in [5.74, 6) is -1.43. The summed E-state index contributed by atoms with van der Waals surface area (Å²) in [6.45, 7) is 6.83. The minimum Gasteiger partial charge on any atom is -0.490 e. The van der Waals surface area contributed by atoms with Crippen LogP contribution in [0.25, 0.3) is 10.9 Å². The van der Waals surface area contributed by atoms with Crippen LogP contribution in [0.5, 0.6) is 17.2 Å². The zero-order valence-electron chi connectivity index (χ0n) is 14.5. The minimum atomic E-state index is -0.764. The van der Waals surface area contributed by atoms with E-state index in [1.807, 2.05) is 20.8 Å². The van der Waals surface area contributed by atoms with Gasteiger partial charge in [-0.2, -0.15) is 0 Å². The maximum absolute atomic E-state index is 14.9. The molecule has 2 N–H and O–H groups in total. The van der Waals surface area contributed by atoms with Crippen molar-refractivity contribution in [2.24, 2.45) is 0 Å². The normalized spacial score (nSPS) is 11.5. The van der Waals surface area contributed by atoms with Gasteiger partial charge in [-0.25, -0.2) is 14.4 Å². The van der Waals surface area contributed by atoms with Crippen LogP contribution < -0.4 is 19.9 Å². The van der Waals surface area contributed by atoms with E-state index in [-0.39, 0.29) is 34.0 Å². The first-order valence-corrected chi connectivity index (χ1v) is 7.21. The van der Waals surface area contributed by atoms with E-state index in [0.29, 0.717) is 5.82 Å². The quantitative estimate of drug-likeness (QED) is 0.679. The number of halogens is 1. The number of ether oxygens (including phenoxy) is 3. The molecule has 130 valence electrons. The van der Waals surface area contributed by atoms with Gasteiger partial charge >= 0.3 is 5.97 Å². The van der Waals surface area contributed by atoms with Gasteiger partial charge in [0.1, 0.15) is 17.2 Å². The number of nitrogen functional groups attached to an aromatic ring is 1. The van der Waals surface area contributed by atoms with Crippen molar-refractivity contribution < 1.29 is 23.4 Å². The summed E-state index contributed by atoms with van der Waals surface area (Å²) in [4.78, 5) is 19.9. The Bertz CT molecular complexity index is 816. The van der Waals surface area contributed by atoms with Crippen LogP contribution in [0, 0.1) is 5.82 Å². The number of carbonyl (C=O) groups is 1. The lowest BCUT2D eigenvalue weighted by Crippen LogP contribution is -2.18. The highest BCUT2D eigenvalue weighted by atomic mass is 19.1. The average Bonchev–Trinajstić information content (AvgIpc) is 2.47. The standard InChI is InChI=1S/C16H20FN3O4/c1-7(21)24-11-8-10(9(17)12(22-5)13(11)23-6)19-15(16(2,3)4)20-14(8)18/h1-6H3,(H2,18,19,20). The van der Waals surface area contributed by atoms with Crippen molar-refractivity contribution in [1.29, 1.82) is 0 Å². The van der Waals surface area contributed by atoms with Gasteiger partial charge in [0.15, 0.2) is 11.6 Å². The van der Waals surface area contributed by atoms with E-state index < -0.39 is 17.2 Å². The summed E-state index contributed by atoms with van der Waals surface area (Å²) in [7, 11) is 2.58. The highest BCUT2D eigenvalue weighted by Crippen LogP contribution is 2.47. The summed E-state index contributed by atoms with van der Waals surface area (Å²) >= 11 is 0. The second kappa shape index (κ2) is 6.10. The number of anilines is 1. The van der Waals surface area contributed by atoms with Gasteiger partial charge in [-0.3, -0.25) is 4.79 Å². The Balaban J connectivity index is 3.00. The van der Waals surface area contributed by atoms with E-state index in [1.54, 1.807) is 0 Å². The molecule has 1 heterocycles. The number of benzene rings is 1. The predicted molar refractivity (Wildman–Crippen MR) is 87.0 cm³/mol. The monoisotopic (exact) mass is 337 g/mol. The van der Waals surface area contributed by atoms with E-state index in [2.05, 4.69) is 9.97 Å². The second-order valence-electron chi connectivity index (χ2n) is 6.21. The van der Waals surface area contributed by atoms with E-state index >= 15 is 0 Å². The van der Waals surface area contributed by atoms with Gasteiger partial charge in [0, 0.05) is 12.3 Å². The third-order valence-corrected chi connectivity index (χ3v) is 3.31. The highest BCUT2D eigenvalue weighted by Gasteiger charge is 2.29. The third kappa shape index (κ3) is 2.91. The van der Waals surface area contributed by atoms with Crippen molar-refractivity contribution in [2.45, 2.75) is 33.1 Å². The molecule has 0 saturated carbocycles. The zero-order valence-corrected chi connectivity index (χ0v) is 14.5. The Labute approximate surface area is 138 Å². The van der Waals surface area contributed by atoms with Gasteiger partial charge in [0.25, 0.3) is 0 Å². The fraction of sp³-hybridized carbons (Fsp3) is 0.438. The van der Waals surface area contributed by atoms with Crippen molar-refractivity contribution >= 4 is 22.7 Å². The molecule has 1 aromatic carbocycles. The molecule has 0 saturated heterocycles. The summed E-state index contributed by atoms with van der Waals surface area (Å²) in [5, 5.41) is 0.0633. The molecular formula is C16H20FN3O4. The first-order chi connectivity index (χ1) is 11.1. The SMILES string of the molecule is COc1c(OC)c(OC(C)=O)c2c(N)nc(C(C)(C)C)nc2c1F. The van der Waals surface area contributed by atoms with Gasteiger partial charge in [0.05, 0.1) is 19.6 Å². The molecule has 2 rings (SSSR count). The molecule has 8 heteroatoms. The number of hydrogen-bond acceptors (Lipinski definition) is 7. The molecule has 0 spiro atoms. The highest BCUT2D eigenvalue weighted by molar-refractivity contribution is 5.99. The number of aromatic nitrogens is 2. The van der Waals surface area contributed by atoms with Gasteiger partial charge in [-0.05, 0) is 0 Å². The molecule has 0 fully saturated rings. The molecule has 2 aromatic rings. The number of nitrogens with two attached hydrogens (primary N) is 1. The molecule has 0 bridgehead atoms. The molecule has 24 heavy (non-hydrogen) atoms. The smallest absolute Gasteiger partial charge is 0.308 e. The Morgan fingerprint density at radius 3 is 2.12 bits per heavy atom. The first-order valence-electron chi connectivity index (χ1n) is 7.21. The number of nitrogens with zero attached hydrogens (tertiary/aromatic N) is 2. The molecule has 0 amide bonds. The van der Waals surface area contributed by atoms with E-state index in [0.717, 1.165) is 0 Å². The fourth-order valence-electron chi connectivity index (χ4n) is 2.23. The third-order valence-electron chi connectivity index (χ3n) is 3.31. The lowest BCUT2D eigenvalue weighted by atomic mass is 9.95. The first kappa shape index (κ1) is 17.7. The van der Waals surface area contributed by atoms with Crippen LogP contribution in [0.3, 0.4) is 0 Å². The number of fused-ring (bicyclic) bond motifs is 1. The molecule has 7 nitrogen and oxygen atoms in total. The Hall–Kier alpha value is -2.64. The van der Waals surface area contributed by atoms with Crippen molar-refractivity contribution in [3.8, 4) is 17.2 Å². The largest absolute Gasteiger partial charge is 0.490 e. The molecule has 0 aliphatic rings. The molecule has 0 unspecified atom stereocenters. The number of esters is 1. The summed E-state index contributed by atoms with van der Waals surface area (Å²) in [6.07, 6.45) is 0. The van der Waals surface area contributed by atoms with Crippen LogP contribution >= 0.6 is 0 Å². The van der Waals surface area contributed by atoms with Gasteiger partial charge in [-0.1, -0.05) is 20.8 Å². The summed E-state index contributed by atoms with van der Waals surface area (Å²) in [5.41, 5.74) is 5.46. The van der Waals surface area contributed by atoms with Gasteiger partial charge in [0.2, 0.25) is 11.5 Å². The molecule has 0 atom stereocenters. The van der Waals surface area contributed by atoms with E-state index in [4.69, 9.17) is 19.9 Å². The second-order valence-corrected chi connectivity index (χ2v) is 6.21. The number of hydrogen-bond donors (Lipinski definition) is 1. The summed E-state index contributed by atoms with van der Waals surface area (Å²) in [6, 6.07) is 0. The zero-order chi connectivity index (χ0) is 18.2. The lowest BCUT2D eigenvalue weighted by Gasteiger charge is -2.20. The predicted octanol–water partition coefficient (Wildman–Crippen LogP) is 2.59. The van der Waals surface area contributed by atoms with Crippen LogP contribution in [0.1, 0.15) is 33.5 Å². The maximum Gasteiger partial charge on any atom is 0.308 e. The topological polar surface area (TPSA) is 96.6 Å². The Morgan fingerprint density at radius 1 is 1.08 bits per heavy atom. The maximum atomic E-state index is 14.9. The van der Waals surface area contributed by atoms with Crippen LogP contribution in [-0.2, 0) is 10.2 Å². The van der Waals surface area contributed by atoms with Crippen LogP contribution in [0.4, 0.5) is 10.2 Å². The minimum absolute atomic E-state index is 0.0129. The van der Waals surface area contributed by atoms with Crippen LogP contribution in [0.2, 0.25) is 0 Å². The average molecular weight is 337 g/mol. The van der Waals surface area contributed by atoms with Crippen LogP contribution in [-0.4, -0.2) is 30.2 Å². The number of carbonyl (C=O) groups excluding carboxylic acids is 1. The number of methoxy groups -OCH3 is 2. The van der Waals surface area contributed by atoms with Crippen molar-refractivity contribution in [2.75, 3.05) is 20.0 Å². The fourth-order valence-corrected chi connectivity index (χ4v) is 2.23. The molecular weight excluding hydrogens is 317 g/mol. The van der Waals surface area contributed by atoms with Crippen molar-refractivity contribution in [1.82, 2.24) is 9.97 Å². The molecule has 1 aromatic heterocycles. The van der Waals surface area contributed by atoms with Crippen LogP contribution in [0.15, 0.2) is 0 Å². The lowest BCUT2D eigenvalue weighted by molar-refractivity contribution is -0.131. The Morgan fingerprint density at radius 2 is 1.67 bits per heavy atom. The van der Waals surface area contributed by atoms with Crippen molar-refractivity contribution in [3.63, 3.8) is 0 Å². The molecule has 0 radical (unpaired) electrons. The van der Waals surface area contributed by atoms with E-state index in [1.165, 1.54) is 21.1 Å². The Kier molecular flexibility index (Phi) is 4.50. The van der Waals surface area contributed by atoms with Gasteiger partial charge < -0.3 is 19.9 Å². The van der Waals surface area contributed by atoms with Crippen molar-refractivity contribution in [3.05, 3.63) is 11.6 Å². The summed E-state index contributed by atoms with van der Waals surface area (Å²) < 4.78 is 30.3. The molecule has 0 aliphatic heterocycles. The van der Waals surface area contributed by atoms with Gasteiger partial charge in [-0.15, -0.1) is 0 Å². The molecule has 0 aliphatic carbocycles. The van der Waals surface area contributed by atoms with E-state index in [9.17, 15) is 9.18 Å².